The second kappa shape index (κ2) is 3.87. The number of methoxy groups -OCH3 is 1. The van der Waals surface area contributed by atoms with Gasteiger partial charge in [0.2, 0.25) is 0 Å². The number of carbonyl (C=O) groups is 1. The van der Waals surface area contributed by atoms with E-state index in [1.165, 1.54) is 7.11 Å². The Balaban J connectivity index is 2.45. The monoisotopic (exact) mass is 172 g/mol. The van der Waals surface area contributed by atoms with Gasteiger partial charge in [-0.3, -0.25) is 4.79 Å². The van der Waals surface area contributed by atoms with Gasteiger partial charge in [-0.25, -0.2) is 0 Å². The third kappa shape index (κ3) is 1.95. The van der Waals surface area contributed by atoms with Crippen molar-refractivity contribution in [2.24, 2.45) is 17.4 Å². The fourth-order valence-corrected chi connectivity index (χ4v) is 1.61. The number of ether oxygens (including phenoxy) is 1. The third-order valence-corrected chi connectivity index (χ3v) is 2.49. The van der Waals surface area contributed by atoms with Crippen LogP contribution in [0.15, 0.2) is 0 Å². The molecule has 0 amide bonds. The van der Waals surface area contributed by atoms with E-state index >= 15 is 0 Å². The van der Waals surface area contributed by atoms with Crippen LogP contribution < -0.4 is 11.5 Å². The van der Waals surface area contributed by atoms with E-state index in [4.69, 9.17) is 11.5 Å². The Morgan fingerprint density at radius 1 is 1.33 bits per heavy atom. The van der Waals surface area contributed by atoms with Crippen molar-refractivity contribution in [3.8, 4) is 0 Å². The first-order valence-corrected chi connectivity index (χ1v) is 4.24. The SMILES string of the molecule is COC(=O)C1CC[C@H](N)[C@H](N)C1. The smallest absolute Gasteiger partial charge is 0.308 e. The van der Waals surface area contributed by atoms with Gasteiger partial charge >= 0.3 is 5.97 Å². The van der Waals surface area contributed by atoms with Gasteiger partial charge in [0.05, 0.1) is 13.0 Å². The zero-order valence-electron chi connectivity index (χ0n) is 7.32. The molecule has 0 radical (unpaired) electrons. The van der Waals surface area contributed by atoms with E-state index in [2.05, 4.69) is 4.74 Å². The molecule has 1 fully saturated rings. The summed E-state index contributed by atoms with van der Waals surface area (Å²) in [6.45, 7) is 0. The average molecular weight is 172 g/mol. The third-order valence-electron chi connectivity index (χ3n) is 2.49. The zero-order chi connectivity index (χ0) is 9.14. The largest absolute Gasteiger partial charge is 0.469 e. The molecule has 0 aromatic carbocycles. The number of nitrogens with two attached hydrogens (primary N) is 2. The van der Waals surface area contributed by atoms with Gasteiger partial charge in [0.15, 0.2) is 0 Å². The molecule has 0 heterocycles. The Hall–Kier alpha value is -0.610. The highest BCUT2D eigenvalue weighted by molar-refractivity contribution is 5.72. The lowest BCUT2D eigenvalue weighted by atomic mass is 9.83. The van der Waals surface area contributed by atoms with Crippen molar-refractivity contribution in [2.45, 2.75) is 31.3 Å². The normalized spacial score (nSPS) is 36.1. The predicted molar refractivity (Wildman–Crippen MR) is 45.3 cm³/mol. The first kappa shape index (κ1) is 9.48. The van der Waals surface area contributed by atoms with Gasteiger partial charge in [0.25, 0.3) is 0 Å². The fraction of sp³-hybridized carbons (Fsp3) is 0.875. The van der Waals surface area contributed by atoms with E-state index in [-0.39, 0.29) is 24.0 Å². The van der Waals surface area contributed by atoms with Gasteiger partial charge in [-0.15, -0.1) is 0 Å². The van der Waals surface area contributed by atoms with Crippen molar-refractivity contribution < 1.29 is 9.53 Å². The Labute approximate surface area is 72.2 Å². The molecule has 1 saturated carbocycles. The highest BCUT2D eigenvalue weighted by Crippen LogP contribution is 2.23. The summed E-state index contributed by atoms with van der Waals surface area (Å²) < 4.78 is 4.64. The molecule has 4 N–H and O–H groups in total. The van der Waals surface area contributed by atoms with E-state index in [0.29, 0.717) is 6.42 Å². The molecule has 12 heavy (non-hydrogen) atoms. The summed E-state index contributed by atoms with van der Waals surface area (Å²) in [7, 11) is 1.41. The maximum atomic E-state index is 11.1. The number of carbonyl (C=O) groups excluding carboxylic acids is 1. The minimum atomic E-state index is -0.155. The van der Waals surface area contributed by atoms with Gasteiger partial charge in [0.1, 0.15) is 0 Å². The Morgan fingerprint density at radius 3 is 2.50 bits per heavy atom. The molecule has 4 nitrogen and oxygen atoms in total. The Bertz CT molecular complexity index is 172. The van der Waals surface area contributed by atoms with Crippen molar-refractivity contribution in [3.05, 3.63) is 0 Å². The van der Waals surface area contributed by atoms with Crippen LogP contribution in [0.2, 0.25) is 0 Å². The highest BCUT2D eigenvalue weighted by Gasteiger charge is 2.30. The van der Waals surface area contributed by atoms with Crippen LogP contribution in [0, 0.1) is 5.92 Å². The molecule has 0 saturated heterocycles. The summed E-state index contributed by atoms with van der Waals surface area (Å²) in [5.41, 5.74) is 11.4. The number of esters is 1. The van der Waals surface area contributed by atoms with Gasteiger partial charge in [-0.2, -0.15) is 0 Å². The van der Waals surface area contributed by atoms with Crippen molar-refractivity contribution in [1.82, 2.24) is 0 Å². The van der Waals surface area contributed by atoms with Gasteiger partial charge in [-0.1, -0.05) is 0 Å². The van der Waals surface area contributed by atoms with Crippen LogP contribution in [0.4, 0.5) is 0 Å². The molecule has 1 unspecified atom stereocenters. The molecule has 0 aromatic rings. The zero-order valence-corrected chi connectivity index (χ0v) is 7.32. The maximum absolute atomic E-state index is 11.1. The van der Waals surface area contributed by atoms with E-state index in [1.54, 1.807) is 0 Å². The topological polar surface area (TPSA) is 78.3 Å². The van der Waals surface area contributed by atoms with E-state index in [0.717, 1.165) is 12.8 Å². The Morgan fingerprint density at radius 2 is 2.00 bits per heavy atom. The summed E-state index contributed by atoms with van der Waals surface area (Å²) >= 11 is 0. The lowest BCUT2D eigenvalue weighted by Gasteiger charge is -2.29. The van der Waals surface area contributed by atoms with Gasteiger partial charge in [0, 0.05) is 12.1 Å². The van der Waals surface area contributed by atoms with E-state index < -0.39 is 0 Å². The first-order valence-electron chi connectivity index (χ1n) is 4.24. The lowest BCUT2D eigenvalue weighted by molar-refractivity contribution is -0.146. The van der Waals surface area contributed by atoms with Crippen LogP contribution in [0.5, 0.6) is 0 Å². The molecular formula is C8H16N2O2. The van der Waals surface area contributed by atoms with Gasteiger partial charge in [-0.05, 0) is 19.3 Å². The average Bonchev–Trinajstić information content (AvgIpc) is 2.08. The minimum absolute atomic E-state index is 0.0372. The summed E-state index contributed by atoms with van der Waals surface area (Å²) in [6, 6.07) is -0.00578. The summed E-state index contributed by atoms with van der Waals surface area (Å²) in [4.78, 5) is 11.1. The quantitative estimate of drug-likeness (QED) is 0.528. The van der Waals surface area contributed by atoms with Crippen LogP contribution in [0.25, 0.3) is 0 Å². The molecule has 1 aliphatic carbocycles. The minimum Gasteiger partial charge on any atom is -0.469 e. The van der Waals surface area contributed by atoms with Gasteiger partial charge < -0.3 is 16.2 Å². The van der Waals surface area contributed by atoms with Crippen LogP contribution in [0.1, 0.15) is 19.3 Å². The molecule has 4 heteroatoms. The first-order chi connectivity index (χ1) is 5.65. The molecule has 3 atom stereocenters. The highest BCUT2D eigenvalue weighted by atomic mass is 16.5. The maximum Gasteiger partial charge on any atom is 0.308 e. The van der Waals surface area contributed by atoms with Crippen LogP contribution in [0.3, 0.4) is 0 Å². The fourth-order valence-electron chi connectivity index (χ4n) is 1.61. The summed E-state index contributed by atoms with van der Waals surface area (Å²) in [5, 5.41) is 0. The van der Waals surface area contributed by atoms with Crippen LogP contribution >= 0.6 is 0 Å². The molecule has 1 aliphatic rings. The van der Waals surface area contributed by atoms with Crippen LogP contribution in [-0.2, 0) is 9.53 Å². The number of hydrogen-bond acceptors (Lipinski definition) is 4. The molecule has 0 bridgehead atoms. The van der Waals surface area contributed by atoms with E-state index in [9.17, 15) is 4.79 Å². The molecule has 0 spiro atoms. The predicted octanol–water partition coefficient (Wildman–Crippen LogP) is -0.386. The second-order valence-corrected chi connectivity index (χ2v) is 3.36. The number of rotatable bonds is 1. The molecule has 70 valence electrons. The summed E-state index contributed by atoms with van der Waals surface area (Å²) in [6.07, 6.45) is 2.29. The molecule has 0 aromatic heterocycles. The standard InChI is InChI=1S/C8H16N2O2/c1-12-8(11)5-2-3-6(9)7(10)4-5/h5-7H,2-4,9-10H2,1H3/t5?,6-,7+/m0/s1. The second-order valence-electron chi connectivity index (χ2n) is 3.36. The van der Waals surface area contributed by atoms with E-state index in [1.807, 2.05) is 0 Å². The number of hydrogen-bond donors (Lipinski definition) is 2. The molecular weight excluding hydrogens is 156 g/mol. The lowest BCUT2D eigenvalue weighted by Crippen LogP contribution is -2.47. The van der Waals surface area contributed by atoms with Crippen molar-refractivity contribution in [3.63, 3.8) is 0 Å². The summed E-state index contributed by atoms with van der Waals surface area (Å²) in [5.74, 6) is -0.192. The van der Waals surface area contributed by atoms with Crippen LogP contribution in [-0.4, -0.2) is 25.2 Å². The molecule has 0 aliphatic heterocycles. The van der Waals surface area contributed by atoms with Crippen molar-refractivity contribution in [2.75, 3.05) is 7.11 Å². The molecule has 1 rings (SSSR count). The Kier molecular flexibility index (Phi) is 3.05. The van der Waals surface area contributed by atoms with Crippen molar-refractivity contribution in [1.29, 1.82) is 0 Å². The van der Waals surface area contributed by atoms with Crippen molar-refractivity contribution >= 4 is 5.97 Å².